The Morgan fingerprint density at radius 2 is 1.86 bits per heavy atom. The van der Waals surface area contributed by atoms with Gasteiger partial charge in [0.15, 0.2) is 0 Å². The molecule has 1 amide bonds. The van der Waals surface area contributed by atoms with Crippen LogP contribution in [0.2, 0.25) is 0 Å². The van der Waals surface area contributed by atoms with Crippen LogP contribution in [-0.4, -0.2) is 29.2 Å². The van der Waals surface area contributed by atoms with E-state index in [4.69, 9.17) is 4.74 Å². The van der Waals surface area contributed by atoms with Crippen LogP contribution in [-0.2, 0) is 9.53 Å². The SMILES string of the molecule is CC(C)(C)[C@H]1CO[C@]2(C)[C@H]3[C@@H](C(=O)N12)[C@H]3c1ccccc1. The minimum absolute atomic E-state index is 0.0619. The number of amides is 1. The van der Waals surface area contributed by atoms with Gasteiger partial charge in [-0.2, -0.15) is 0 Å². The van der Waals surface area contributed by atoms with Crippen molar-refractivity contribution in [1.82, 2.24) is 4.90 Å². The lowest BCUT2D eigenvalue weighted by molar-refractivity contribution is -0.144. The summed E-state index contributed by atoms with van der Waals surface area (Å²) in [5.74, 6) is 1.09. The zero-order chi connectivity index (χ0) is 15.0. The van der Waals surface area contributed by atoms with E-state index in [-0.39, 0.29) is 17.4 Å². The number of ether oxygens (including phenoxy) is 1. The molecule has 0 radical (unpaired) electrons. The molecular formula is C18H23NO2. The number of nitrogens with zero attached hydrogens (tertiary/aromatic N) is 1. The molecule has 1 aliphatic carbocycles. The summed E-state index contributed by atoms with van der Waals surface area (Å²) in [5.41, 5.74) is 0.941. The molecule has 0 unspecified atom stereocenters. The molecule has 2 aliphatic heterocycles. The summed E-state index contributed by atoms with van der Waals surface area (Å²) in [6.45, 7) is 9.36. The van der Waals surface area contributed by atoms with Gasteiger partial charge in [0, 0.05) is 11.8 Å². The van der Waals surface area contributed by atoms with Gasteiger partial charge in [0.2, 0.25) is 5.91 Å². The van der Waals surface area contributed by atoms with E-state index in [0.29, 0.717) is 24.3 Å². The van der Waals surface area contributed by atoms with Crippen molar-refractivity contribution >= 4 is 5.91 Å². The maximum atomic E-state index is 12.9. The van der Waals surface area contributed by atoms with Crippen LogP contribution in [0.4, 0.5) is 0 Å². The second kappa shape index (κ2) is 3.89. The van der Waals surface area contributed by atoms with Gasteiger partial charge in [-0.15, -0.1) is 0 Å². The second-order valence-corrected chi connectivity index (χ2v) is 7.94. The Labute approximate surface area is 126 Å². The van der Waals surface area contributed by atoms with E-state index in [2.05, 4.69) is 56.9 Å². The topological polar surface area (TPSA) is 29.5 Å². The summed E-state index contributed by atoms with van der Waals surface area (Å²) in [5, 5.41) is 0. The van der Waals surface area contributed by atoms with Crippen molar-refractivity contribution < 1.29 is 9.53 Å². The van der Waals surface area contributed by atoms with E-state index in [0.717, 1.165) is 0 Å². The molecule has 5 atom stereocenters. The Bertz CT molecular complexity index is 591. The van der Waals surface area contributed by atoms with Gasteiger partial charge in [0.1, 0.15) is 5.72 Å². The quantitative estimate of drug-likeness (QED) is 0.794. The van der Waals surface area contributed by atoms with Gasteiger partial charge in [-0.05, 0) is 17.9 Å². The van der Waals surface area contributed by atoms with Crippen molar-refractivity contribution in [3.05, 3.63) is 35.9 Å². The number of hydrogen-bond acceptors (Lipinski definition) is 2. The third-order valence-corrected chi connectivity index (χ3v) is 5.67. The Kier molecular flexibility index (Phi) is 2.47. The Hall–Kier alpha value is -1.35. The first-order chi connectivity index (χ1) is 9.86. The first-order valence-corrected chi connectivity index (χ1v) is 7.88. The van der Waals surface area contributed by atoms with Gasteiger partial charge in [-0.3, -0.25) is 4.79 Å². The molecule has 3 fully saturated rings. The van der Waals surface area contributed by atoms with E-state index in [1.807, 2.05) is 6.07 Å². The van der Waals surface area contributed by atoms with Crippen molar-refractivity contribution in [3.63, 3.8) is 0 Å². The molecule has 2 saturated heterocycles. The number of carbonyl (C=O) groups excluding carboxylic acids is 1. The van der Waals surface area contributed by atoms with Crippen molar-refractivity contribution in [2.24, 2.45) is 17.3 Å². The molecule has 0 N–H and O–H groups in total. The standard InChI is InChI=1S/C18H23NO2/c1-17(2,3)12-10-21-18(4)15-13(11-8-6-5-7-9-11)14(15)16(20)19(12)18/h5-9,12-15H,10H2,1-4H3/t12-,13-,14+,15-,18-/m1/s1. The lowest BCUT2D eigenvalue weighted by Crippen LogP contribution is -2.51. The number of benzene rings is 1. The normalized spacial score (nSPS) is 41.1. The fraction of sp³-hybridized carbons (Fsp3) is 0.611. The molecule has 0 aromatic heterocycles. The van der Waals surface area contributed by atoms with Crippen molar-refractivity contribution in [2.75, 3.05) is 6.61 Å². The van der Waals surface area contributed by atoms with Crippen LogP contribution in [0, 0.1) is 17.3 Å². The molecule has 1 aromatic rings. The van der Waals surface area contributed by atoms with Crippen LogP contribution < -0.4 is 0 Å². The maximum Gasteiger partial charge on any atom is 0.229 e. The summed E-state index contributed by atoms with van der Waals surface area (Å²) >= 11 is 0. The second-order valence-electron chi connectivity index (χ2n) is 7.94. The smallest absolute Gasteiger partial charge is 0.229 e. The summed E-state index contributed by atoms with van der Waals surface area (Å²) in [7, 11) is 0. The first kappa shape index (κ1) is 13.3. The highest BCUT2D eigenvalue weighted by atomic mass is 16.5. The van der Waals surface area contributed by atoms with Gasteiger partial charge in [0.25, 0.3) is 0 Å². The highest BCUT2D eigenvalue weighted by Gasteiger charge is 2.76. The molecular weight excluding hydrogens is 262 g/mol. The largest absolute Gasteiger partial charge is 0.353 e. The molecule has 21 heavy (non-hydrogen) atoms. The van der Waals surface area contributed by atoms with E-state index in [1.54, 1.807) is 0 Å². The van der Waals surface area contributed by atoms with E-state index in [9.17, 15) is 4.79 Å². The predicted molar refractivity (Wildman–Crippen MR) is 80.6 cm³/mol. The van der Waals surface area contributed by atoms with Crippen molar-refractivity contribution in [3.8, 4) is 0 Å². The molecule has 1 aromatic carbocycles. The Morgan fingerprint density at radius 1 is 1.19 bits per heavy atom. The van der Waals surface area contributed by atoms with Crippen molar-refractivity contribution in [1.29, 1.82) is 0 Å². The van der Waals surface area contributed by atoms with Gasteiger partial charge in [-0.1, -0.05) is 51.1 Å². The minimum Gasteiger partial charge on any atom is -0.353 e. The summed E-state index contributed by atoms with van der Waals surface area (Å²) in [6.07, 6.45) is 0. The molecule has 3 aliphatic rings. The average molecular weight is 285 g/mol. The predicted octanol–water partition coefficient (Wildman–Crippen LogP) is 3.02. The van der Waals surface area contributed by atoms with Crippen molar-refractivity contribution in [2.45, 2.75) is 45.4 Å². The fourth-order valence-electron chi connectivity index (χ4n) is 4.50. The molecule has 1 saturated carbocycles. The third-order valence-electron chi connectivity index (χ3n) is 5.67. The molecule has 3 nitrogen and oxygen atoms in total. The zero-order valence-electron chi connectivity index (χ0n) is 13.2. The average Bonchev–Trinajstić information content (AvgIpc) is 3.02. The van der Waals surface area contributed by atoms with Crippen LogP contribution >= 0.6 is 0 Å². The van der Waals surface area contributed by atoms with Crippen LogP contribution in [0.25, 0.3) is 0 Å². The number of carbonyl (C=O) groups is 1. The van der Waals surface area contributed by atoms with Gasteiger partial charge in [-0.25, -0.2) is 0 Å². The molecule has 112 valence electrons. The number of hydrogen-bond donors (Lipinski definition) is 0. The van der Waals surface area contributed by atoms with E-state index < -0.39 is 5.72 Å². The monoisotopic (exact) mass is 285 g/mol. The number of piperidine rings is 1. The van der Waals surface area contributed by atoms with Crippen LogP contribution in [0.5, 0.6) is 0 Å². The molecule has 0 bridgehead atoms. The van der Waals surface area contributed by atoms with Crippen LogP contribution in [0.3, 0.4) is 0 Å². The fourth-order valence-corrected chi connectivity index (χ4v) is 4.50. The third kappa shape index (κ3) is 1.61. The zero-order valence-corrected chi connectivity index (χ0v) is 13.2. The minimum atomic E-state index is -0.403. The lowest BCUT2D eigenvalue weighted by atomic mass is 9.86. The van der Waals surface area contributed by atoms with Crippen LogP contribution in [0.15, 0.2) is 30.3 Å². The highest BCUT2D eigenvalue weighted by molar-refractivity contribution is 5.89. The van der Waals surface area contributed by atoms with Crippen LogP contribution in [0.1, 0.15) is 39.2 Å². The lowest BCUT2D eigenvalue weighted by Gasteiger charge is -2.38. The highest BCUT2D eigenvalue weighted by Crippen LogP contribution is 2.68. The first-order valence-electron chi connectivity index (χ1n) is 7.88. The van der Waals surface area contributed by atoms with Gasteiger partial charge < -0.3 is 9.64 Å². The summed E-state index contributed by atoms with van der Waals surface area (Å²) in [6, 6.07) is 10.6. The summed E-state index contributed by atoms with van der Waals surface area (Å²) in [4.78, 5) is 15.0. The number of rotatable bonds is 1. The molecule has 3 heteroatoms. The van der Waals surface area contributed by atoms with Gasteiger partial charge >= 0.3 is 0 Å². The summed E-state index contributed by atoms with van der Waals surface area (Å²) < 4.78 is 6.18. The van der Waals surface area contributed by atoms with E-state index in [1.165, 1.54) is 5.56 Å². The Balaban J connectivity index is 1.67. The molecule has 0 spiro atoms. The van der Waals surface area contributed by atoms with Gasteiger partial charge in [0.05, 0.1) is 18.6 Å². The maximum absolute atomic E-state index is 12.9. The Morgan fingerprint density at radius 3 is 2.48 bits per heavy atom. The van der Waals surface area contributed by atoms with E-state index >= 15 is 0 Å². The number of fused-ring (bicyclic) bond motifs is 3. The molecule has 2 heterocycles. The molecule has 4 rings (SSSR count).